The van der Waals surface area contributed by atoms with Crippen molar-refractivity contribution in [2.45, 2.75) is 26.2 Å². The lowest BCUT2D eigenvalue weighted by Crippen LogP contribution is -2.24. The van der Waals surface area contributed by atoms with Crippen LogP contribution in [-0.4, -0.2) is 40.8 Å². The highest BCUT2D eigenvalue weighted by molar-refractivity contribution is 7.85. The maximum atomic E-state index is 10.6. The monoisotopic (exact) mass is 212 g/mol. The van der Waals surface area contributed by atoms with Crippen LogP contribution in [0.3, 0.4) is 0 Å². The first kappa shape index (κ1) is 12.8. The van der Waals surface area contributed by atoms with E-state index in [0.717, 1.165) is 6.26 Å². The van der Waals surface area contributed by atoms with Crippen LogP contribution in [0.2, 0.25) is 0 Å². The third-order valence-corrected chi connectivity index (χ3v) is 1.84. The van der Waals surface area contributed by atoms with E-state index in [2.05, 4.69) is 4.18 Å². The van der Waals surface area contributed by atoms with E-state index in [1.165, 1.54) is 7.11 Å². The third-order valence-electron chi connectivity index (χ3n) is 1.27. The van der Waals surface area contributed by atoms with Crippen LogP contribution in [0, 0.1) is 0 Å². The Morgan fingerprint density at radius 1 is 1.31 bits per heavy atom. The van der Waals surface area contributed by atoms with Crippen LogP contribution in [0.4, 0.5) is 0 Å². The molecule has 6 heteroatoms. The maximum Gasteiger partial charge on any atom is 0.264 e. The highest BCUT2D eigenvalue weighted by atomic mass is 32.2. The summed E-state index contributed by atoms with van der Waals surface area (Å²) < 4.78 is 35.7. The first-order valence-corrected chi connectivity index (χ1v) is 5.69. The molecule has 0 aromatic heterocycles. The predicted molar refractivity (Wildman–Crippen MR) is 47.8 cm³/mol. The fourth-order valence-electron chi connectivity index (χ4n) is 0.641. The van der Waals surface area contributed by atoms with Gasteiger partial charge in [-0.05, 0) is 13.8 Å². The Kier molecular flexibility index (Phi) is 5.46. The first-order chi connectivity index (χ1) is 5.85. The van der Waals surface area contributed by atoms with Gasteiger partial charge in [0.1, 0.15) is 0 Å². The van der Waals surface area contributed by atoms with E-state index >= 15 is 0 Å². The van der Waals surface area contributed by atoms with Crippen molar-refractivity contribution in [1.29, 1.82) is 0 Å². The molecule has 2 unspecified atom stereocenters. The molecule has 0 rings (SSSR count). The quantitative estimate of drug-likeness (QED) is 0.470. The van der Waals surface area contributed by atoms with E-state index in [1.807, 2.05) is 0 Å². The van der Waals surface area contributed by atoms with Gasteiger partial charge in [-0.1, -0.05) is 0 Å². The zero-order valence-corrected chi connectivity index (χ0v) is 9.13. The predicted octanol–water partition coefficient (Wildman–Crippen LogP) is 0.360. The molecule has 13 heavy (non-hydrogen) atoms. The average Bonchev–Trinajstić information content (AvgIpc) is 1.99. The average molecular weight is 212 g/mol. The van der Waals surface area contributed by atoms with Crippen molar-refractivity contribution in [1.82, 2.24) is 0 Å². The molecule has 0 saturated carbocycles. The maximum absolute atomic E-state index is 10.6. The zero-order valence-electron chi connectivity index (χ0n) is 8.31. The van der Waals surface area contributed by atoms with Crippen LogP contribution in [0.5, 0.6) is 0 Å². The Labute approximate surface area is 79.1 Å². The van der Waals surface area contributed by atoms with Crippen molar-refractivity contribution in [2.75, 3.05) is 20.0 Å². The molecule has 0 aromatic rings. The fourth-order valence-corrected chi connectivity index (χ4v) is 1.08. The molecule has 0 spiro atoms. The van der Waals surface area contributed by atoms with Gasteiger partial charge in [0, 0.05) is 7.11 Å². The van der Waals surface area contributed by atoms with E-state index < -0.39 is 10.1 Å². The summed E-state index contributed by atoms with van der Waals surface area (Å²) in [5.41, 5.74) is 0. The van der Waals surface area contributed by atoms with Crippen LogP contribution >= 0.6 is 0 Å². The molecule has 0 radical (unpaired) electrons. The molecule has 0 aliphatic heterocycles. The van der Waals surface area contributed by atoms with Crippen LogP contribution in [-0.2, 0) is 23.8 Å². The molecule has 5 nitrogen and oxygen atoms in total. The van der Waals surface area contributed by atoms with Gasteiger partial charge in [0.15, 0.2) is 6.29 Å². The summed E-state index contributed by atoms with van der Waals surface area (Å²) in [6.45, 7) is 3.43. The highest BCUT2D eigenvalue weighted by Crippen LogP contribution is 2.00. The van der Waals surface area contributed by atoms with Crippen molar-refractivity contribution >= 4 is 10.1 Å². The van der Waals surface area contributed by atoms with E-state index in [9.17, 15) is 8.42 Å². The second-order valence-corrected chi connectivity index (χ2v) is 4.38. The van der Waals surface area contributed by atoms with E-state index in [-0.39, 0.29) is 19.0 Å². The van der Waals surface area contributed by atoms with Gasteiger partial charge in [0.05, 0.1) is 19.0 Å². The summed E-state index contributed by atoms with van der Waals surface area (Å²) in [6, 6.07) is 0. The second-order valence-electron chi connectivity index (χ2n) is 2.74. The summed E-state index contributed by atoms with van der Waals surface area (Å²) in [7, 11) is -1.87. The topological polar surface area (TPSA) is 61.8 Å². The van der Waals surface area contributed by atoms with Crippen molar-refractivity contribution in [3.05, 3.63) is 0 Å². The Balaban J connectivity index is 3.69. The highest BCUT2D eigenvalue weighted by Gasteiger charge is 2.10. The van der Waals surface area contributed by atoms with Gasteiger partial charge >= 0.3 is 0 Å². The van der Waals surface area contributed by atoms with E-state index in [0.29, 0.717) is 0 Å². The minimum atomic E-state index is -3.38. The Morgan fingerprint density at radius 3 is 2.23 bits per heavy atom. The van der Waals surface area contributed by atoms with Crippen molar-refractivity contribution in [2.24, 2.45) is 0 Å². The number of hydrogen-bond donors (Lipinski definition) is 0. The molecule has 0 aromatic carbocycles. The summed E-state index contributed by atoms with van der Waals surface area (Å²) in [5, 5.41) is 0. The second kappa shape index (κ2) is 5.54. The summed E-state index contributed by atoms with van der Waals surface area (Å²) in [6.07, 6.45) is 0.322. The lowest BCUT2D eigenvalue weighted by atomic mass is 10.4. The van der Waals surface area contributed by atoms with Gasteiger partial charge in [-0.25, -0.2) is 0 Å². The fraction of sp³-hybridized carbons (Fsp3) is 1.00. The van der Waals surface area contributed by atoms with E-state index in [4.69, 9.17) is 9.47 Å². The lowest BCUT2D eigenvalue weighted by Gasteiger charge is -2.16. The number of methoxy groups -OCH3 is 1. The Bertz CT molecular complexity index is 223. The van der Waals surface area contributed by atoms with Gasteiger partial charge in [0.2, 0.25) is 0 Å². The first-order valence-electron chi connectivity index (χ1n) is 3.88. The molecule has 80 valence electrons. The van der Waals surface area contributed by atoms with Gasteiger partial charge in [-0.15, -0.1) is 0 Å². The molecule has 0 bridgehead atoms. The molecule has 0 heterocycles. The van der Waals surface area contributed by atoms with Crippen LogP contribution in [0.25, 0.3) is 0 Å². The summed E-state index contributed by atoms with van der Waals surface area (Å²) >= 11 is 0. The SMILES string of the molecule is COC(C)OC(C)COS(C)(=O)=O. The largest absolute Gasteiger partial charge is 0.356 e. The minimum absolute atomic E-state index is 0.00648. The molecule has 2 atom stereocenters. The van der Waals surface area contributed by atoms with Crippen LogP contribution in [0.15, 0.2) is 0 Å². The molecular weight excluding hydrogens is 196 g/mol. The van der Waals surface area contributed by atoms with Crippen LogP contribution in [0.1, 0.15) is 13.8 Å². The molecule has 0 aliphatic rings. The van der Waals surface area contributed by atoms with Gasteiger partial charge < -0.3 is 9.47 Å². The molecular formula is C7H16O5S. The third kappa shape index (κ3) is 8.17. The summed E-state index contributed by atoms with van der Waals surface area (Å²) in [4.78, 5) is 0. The standard InChI is InChI=1S/C7H16O5S/c1-6(12-7(2)10-3)5-11-13(4,8)9/h6-7H,5H2,1-4H3. The minimum Gasteiger partial charge on any atom is -0.356 e. The van der Waals surface area contributed by atoms with E-state index in [1.54, 1.807) is 13.8 Å². The van der Waals surface area contributed by atoms with Gasteiger partial charge in [-0.3, -0.25) is 4.18 Å². The summed E-state index contributed by atoms with van der Waals surface area (Å²) in [5.74, 6) is 0. The Hall–Kier alpha value is -0.170. The number of rotatable bonds is 6. The van der Waals surface area contributed by atoms with Crippen molar-refractivity contribution in [3.8, 4) is 0 Å². The molecule has 0 N–H and O–H groups in total. The molecule has 0 fully saturated rings. The smallest absolute Gasteiger partial charge is 0.264 e. The lowest BCUT2D eigenvalue weighted by molar-refractivity contribution is -0.145. The van der Waals surface area contributed by atoms with Gasteiger partial charge in [-0.2, -0.15) is 8.42 Å². The number of hydrogen-bond acceptors (Lipinski definition) is 5. The molecule has 0 saturated heterocycles. The Morgan fingerprint density at radius 2 is 1.85 bits per heavy atom. The number of ether oxygens (including phenoxy) is 2. The van der Waals surface area contributed by atoms with Crippen molar-refractivity contribution < 1.29 is 22.1 Å². The zero-order chi connectivity index (χ0) is 10.5. The molecule has 0 amide bonds. The normalized spacial score (nSPS) is 16.9. The van der Waals surface area contributed by atoms with Crippen molar-refractivity contribution in [3.63, 3.8) is 0 Å². The van der Waals surface area contributed by atoms with Crippen LogP contribution < -0.4 is 0 Å². The van der Waals surface area contributed by atoms with Gasteiger partial charge in [0.25, 0.3) is 10.1 Å². The molecule has 0 aliphatic carbocycles.